The molecule has 1 aromatic rings. The van der Waals surface area contributed by atoms with Crippen molar-refractivity contribution in [2.45, 2.75) is 39.0 Å². The zero-order chi connectivity index (χ0) is 15.5. The van der Waals surface area contributed by atoms with Gasteiger partial charge in [-0.05, 0) is 31.4 Å². The van der Waals surface area contributed by atoms with Crippen LogP contribution in [0.2, 0.25) is 0 Å². The number of aliphatic hydroxyl groups is 1. The van der Waals surface area contributed by atoms with Gasteiger partial charge in [0.1, 0.15) is 11.4 Å². The third kappa shape index (κ3) is 5.99. The number of nitrogens with zero attached hydrogens (tertiary/aromatic N) is 1. The molecule has 6 heteroatoms. The van der Waals surface area contributed by atoms with Gasteiger partial charge in [-0.2, -0.15) is 0 Å². The molecule has 0 aliphatic rings. The first-order chi connectivity index (χ1) is 10.2. The molecule has 0 saturated heterocycles. The van der Waals surface area contributed by atoms with Crippen molar-refractivity contribution in [3.8, 4) is 0 Å². The number of aliphatic hydroxyl groups excluding tert-OH is 1. The van der Waals surface area contributed by atoms with Crippen molar-refractivity contribution >= 4 is 17.1 Å². The van der Waals surface area contributed by atoms with Crippen molar-refractivity contribution in [2.24, 2.45) is 0 Å². The van der Waals surface area contributed by atoms with Gasteiger partial charge in [-0.25, -0.2) is 0 Å². The van der Waals surface area contributed by atoms with Gasteiger partial charge in [-0.1, -0.05) is 25.8 Å². The molecular formula is C15H25N3O3. The molecule has 0 unspecified atom stereocenters. The highest BCUT2D eigenvalue weighted by Crippen LogP contribution is 2.32. The number of unbranched alkanes of at least 4 members (excludes halogenated alkanes) is 3. The molecule has 0 bridgehead atoms. The molecule has 0 aliphatic carbocycles. The molecule has 0 aliphatic heterocycles. The van der Waals surface area contributed by atoms with Crippen molar-refractivity contribution in [1.29, 1.82) is 0 Å². The number of anilines is 2. The first-order valence-electron chi connectivity index (χ1n) is 7.56. The molecule has 0 radical (unpaired) electrons. The Labute approximate surface area is 125 Å². The lowest BCUT2D eigenvalue weighted by Gasteiger charge is -2.11. The SMILES string of the molecule is CCCNc1cccc(NCCCCCCO)c1[N+](=O)[O-]. The molecule has 21 heavy (non-hydrogen) atoms. The number of nitrogens with one attached hydrogen (secondary N) is 2. The average molecular weight is 295 g/mol. The Balaban J connectivity index is 2.61. The Kier molecular flexibility index (Phi) is 8.19. The van der Waals surface area contributed by atoms with E-state index in [-0.39, 0.29) is 17.2 Å². The maximum atomic E-state index is 11.3. The van der Waals surface area contributed by atoms with Crippen LogP contribution in [-0.2, 0) is 0 Å². The Bertz CT molecular complexity index is 438. The van der Waals surface area contributed by atoms with E-state index in [0.717, 1.165) is 32.1 Å². The number of benzene rings is 1. The third-order valence-electron chi connectivity index (χ3n) is 3.18. The van der Waals surface area contributed by atoms with Crippen LogP contribution in [0.25, 0.3) is 0 Å². The largest absolute Gasteiger partial charge is 0.396 e. The lowest BCUT2D eigenvalue weighted by molar-refractivity contribution is -0.383. The number of hydrogen-bond acceptors (Lipinski definition) is 5. The third-order valence-corrected chi connectivity index (χ3v) is 3.18. The van der Waals surface area contributed by atoms with Crippen LogP contribution < -0.4 is 10.6 Å². The van der Waals surface area contributed by atoms with E-state index in [4.69, 9.17) is 5.11 Å². The fourth-order valence-corrected chi connectivity index (χ4v) is 2.10. The molecule has 0 saturated carbocycles. The van der Waals surface area contributed by atoms with Gasteiger partial charge in [-0.15, -0.1) is 0 Å². The summed E-state index contributed by atoms with van der Waals surface area (Å²) >= 11 is 0. The van der Waals surface area contributed by atoms with E-state index >= 15 is 0 Å². The summed E-state index contributed by atoms with van der Waals surface area (Å²) in [5, 5.41) is 26.2. The predicted octanol–water partition coefficient (Wildman–Crippen LogP) is 3.38. The Hall–Kier alpha value is -1.82. The monoisotopic (exact) mass is 295 g/mol. The van der Waals surface area contributed by atoms with Crippen LogP contribution in [0, 0.1) is 10.1 Å². The lowest BCUT2D eigenvalue weighted by Crippen LogP contribution is -2.08. The van der Waals surface area contributed by atoms with Gasteiger partial charge in [-0.3, -0.25) is 10.1 Å². The van der Waals surface area contributed by atoms with Crippen LogP contribution in [0.15, 0.2) is 18.2 Å². The average Bonchev–Trinajstić information content (AvgIpc) is 2.48. The molecule has 6 nitrogen and oxygen atoms in total. The smallest absolute Gasteiger partial charge is 0.315 e. The second-order valence-corrected chi connectivity index (χ2v) is 4.95. The maximum Gasteiger partial charge on any atom is 0.315 e. The molecule has 118 valence electrons. The summed E-state index contributed by atoms with van der Waals surface area (Å²) < 4.78 is 0. The summed E-state index contributed by atoms with van der Waals surface area (Å²) in [5.74, 6) is 0. The van der Waals surface area contributed by atoms with Crippen molar-refractivity contribution in [2.75, 3.05) is 30.3 Å². The van der Waals surface area contributed by atoms with Crippen molar-refractivity contribution < 1.29 is 10.0 Å². The highest BCUT2D eigenvalue weighted by Gasteiger charge is 2.18. The first-order valence-corrected chi connectivity index (χ1v) is 7.56. The van der Waals surface area contributed by atoms with Gasteiger partial charge in [0.05, 0.1) is 4.92 Å². The van der Waals surface area contributed by atoms with E-state index < -0.39 is 0 Å². The van der Waals surface area contributed by atoms with E-state index in [1.807, 2.05) is 13.0 Å². The Morgan fingerprint density at radius 2 is 1.71 bits per heavy atom. The zero-order valence-electron chi connectivity index (χ0n) is 12.6. The Morgan fingerprint density at radius 3 is 2.29 bits per heavy atom. The fraction of sp³-hybridized carbons (Fsp3) is 0.600. The van der Waals surface area contributed by atoms with Crippen LogP contribution in [0.5, 0.6) is 0 Å². The second-order valence-electron chi connectivity index (χ2n) is 4.95. The van der Waals surface area contributed by atoms with E-state index in [0.29, 0.717) is 24.5 Å². The summed E-state index contributed by atoms with van der Waals surface area (Å²) in [6.07, 6.45) is 4.66. The first kappa shape index (κ1) is 17.2. The minimum absolute atomic E-state index is 0.112. The summed E-state index contributed by atoms with van der Waals surface area (Å²) in [4.78, 5) is 10.9. The van der Waals surface area contributed by atoms with E-state index in [1.165, 1.54) is 0 Å². The fourth-order valence-electron chi connectivity index (χ4n) is 2.10. The molecular weight excluding hydrogens is 270 g/mol. The van der Waals surface area contributed by atoms with E-state index in [9.17, 15) is 10.1 Å². The van der Waals surface area contributed by atoms with E-state index in [2.05, 4.69) is 10.6 Å². The summed E-state index contributed by atoms with van der Waals surface area (Å²) in [7, 11) is 0. The standard InChI is InChI=1S/C15H25N3O3/c1-2-10-16-13-8-7-9-14(15(13)18(20)21)17-11-5-3-4-6-12-19/h7-9,16-17,19H,2-6,10-12H2,1H3. The molecule has 0 fully saturated rings. The zero-order valence-corrected chi connectivity index (χ0v) is 12.6. The number of nitro groups is 1. The molecule has 0 atom stereocenters. The van der Waals surface area contributed by atoms with Crippen molar-refractivity contribution in [1.82, 2.24) is 0 Å². The molecule has 1 rings (SSSR count). The minimum atomic E-state index is -0.341. The van der Waals surface area contributed by atoms with Gasteiger partial charge >= 0.3 is 5.69 Å². The minimum Gasteiger partial charge on any atom is -0.396 e. The molecule has 0 heterocycles. The number of hydrogen-bond donors (Lipinski definition) is 3. The van der Waals surface area contributed by atoms with Gasteiger partial charge in [0.2, 0.25) is 0 Å². The molecule has 1 aromatic carbocycles. The summed E-state index contributed by atoms with van der Waals surface area (Å²) in [5.41, 5.74) is 1.23. The summed E-state index contributed by atoms with van der Waals surface area (Å²) in [6, 6.07) is 5.29. The number of para-hydroxylation sites is 1. The molecule has 0 spiro atoms. The number of nitro benzene ring substituents is 1. The van der Waals surface area contributed by atoms with Crippen molar-refractivity contribution in [3.63, 3.8) is 0 Å². The van der Waals surface area contributed by atoms with Gasteiger partial charge < -0.3 is 15.7 Å². The van der Waals surface area contributed by atoms with Crippen LogP contribution >= 0.6 is 0 Å². The molecule has 3 N–H and O–H groups in total. The topological polar surface area (TPSA) is 87.4 Å². The normalized spacial score (nSPS) is 10.4. The number of rotatable bonds is 11. The Morgan fingerprint density at radius 1 is 1.10 bits per heavy atom. The highest BCUT2D eigenvalue weighted by atomic mass is 16.6. The quantitative estimate of drug-likeness (QED) is 0.331. The van der Waals surface area contributed by atoms with Crippen LogP contribution in [0.3, 0.4) is 0 Å². The maximum absolute atomic E-state index is 11.3. The van der Waals surface area contributed by atoms with Crippen molar-refractivity contribution in [3.05, 3.63) is 28.3 Å². The second kappa shape index (κ2) is 9.99. The summed E-state index contributed by atoms with van der Waals surface area (Å²) in [6.45, 7) is 3.66. The van der Waals surface area contributed by atoms with Gasteiger partial charge in [0.15, 0.2) is 0 Å². The predicted molar refractivity (Wildman–Crippen MR) is 85.9 cm³/mol. The van der Waals surface area contributed by atoms with Gasteiger partial charge in [0.25, 0.3) is 0 Å². The van der Waals surface area contributed by atoms with Crippen LogP contribution in [-0.4, -0.2) is 29.7 Å². The molecule has 0 amide bonds. The lowest BCUT2D eigenvalue weighted by atomic mass is 10.2. The van der Waals surface area contributed by atoms with Crippen LogP contribution in [0.1, 0.15) is 39.0 Å². The van der Waals surface area contributed by atoms with Gasteiger partial charge in [0, 0.05) is 19.7 Å². The van der Waals surface area contributed by atoms with Crippen LogP contribution in [0.4, 0.5) is 17.1 Å². The van der Waals surface area contributed by atoms with E-state index in [1.54, 1.807) is 12.1 Å². The molecule has 0 aromatic heterocycles. The highest BCUT2D eigenvalue weighted by molar-refractivity contribution is 5.76.